The van der Waals surface area contributed by atoms with Crippen LogP contribution in [-0.4, -0.2) is 25.8 Å². The van der Waals surface area contributed by atoms with Crippen LogP contribution >= 0.6 is 0 Å². The van der Waals surface area contributed by atoms with Crippen molar-refractivity contribution in [2.45, 2.75) is 52.2 Å². The SMILES string of the molecule is CCCCOC(CNC(C)(C)C)c1ccc(OC)cc1. The van der Waals surface area contributed by atoms with Crippen LogP contribution in [0, 0.1) is 0 Å². The Morgan fingerprint density at radius 2 is 1.80 bits per heavy atom. The molecule has 1 rings (SSSR count). The Labute approximate surface area is 123 Å². The Kier molecular flexibility index (Phi) is 7.03. The molecule has 1 aromatic rings. The fourth-order valence-corrected chi connectivity index (χ4v) is 1.86. The molecule has 0 saturated carbocycles. The summed E-state index contributed by atoms with van der Waals surface area (Å²) in [6.07, 6.45) is 2.34. The monoisotopic (exact) mass is 279 g/mol. The average Bonchev–Trinajstić information content (AvgIpc) is 2.42. The van der Waals surface area contributed by atoms with Gasteiger partial charge in [0.1, 0.15) is 5.75 Å². The number of benzene rings is 1. The summed E-state index contributed by atoms with van der Waals surface area (Å²) in [7, 11) is 1.69. The third kappa shape index (κ3) is 6.40. The van der Waals surface area contributed by atoms with Crippen molar-refractivity contribution < 1.29 is 9.47 Å². The lowest BCUT2D eigenvalue weighted by atomic mass is 10.1. The number of nitrogens with one attached hydrogen (secondary N) is 1. The third-order valence-electron chi connectivity index (χ3n) is 3.12. The van der Waals surface area contributed by atoms with Crippen LogP contribution in [0.1, 0.15) is 52.2 Å². The average molecular weight is 279 g/mol. The molecular weight excluding hydrogens is 250 g/mol. The van der Waals surface area contributed by atoms with Gasteiger partial charge in [0, 0.05) is 18.7 Å². The van der Waals surface area contributed by atoms with E-state index in [1.807, 2.05) is 12.1 Å². The van der Waals surface area contributed by atoms with Gasteiger partial charge in [-0.3, -0.25) is 0 Å². The molecule has 1 aromatic carbocycles. The third-order valence-corrected chi connectivity index (χ3v) is 3.12. The van der Waals surface area contributed by atoms with Gasteiger partial charge < -0.3 is 14.8 Å². The Bertz CT molecular complexity index is 368. The molecule has 3 heteroatoms. The highest BCUT2D eigenvalue weighted by atomic mass is 16.5. The first-order valence-electron chi connectivity index (χ1n) is 7.47. The second-order valence-corrected chi connectivity index (χ2v) is 6.12. The van der Waals surface area contributed by atoms with Crippen LogP contribution in [0.15, 0.2) is 24.3 Å². The first-order chi connectivity index (χ1) is 9.46. The van der Waals surface area contributed by atoms with Crippen molar-refractivity contribution in [3.63, 3.8) is 0 Å². The summed E-state index contributed by atoms with van der Waals surface area (Å²) >= 11 is 0. The van der Waals surface area contributed by atoms with Gasteiger partial charge >= 0.3 is 0 Å². The van der Waals surface area contributed by atoms with Gasteiger partial charge in [0.25, 0.3) is 0 Å². The molecule has 0 bridgehead atoms. The summed E-state index contributed by atoms with van der Waals surface area (Å²) in [6, 6.07) is 8.14. The highest BCUT2D eigenvalue weighted by Gasteiger charge is 2.16. The van der Waals surface area contributed by atoms with Gasteiger partial charge in [-0.05, 0) is 44.9 Å². The Morgan fingerprint density at radius 3 is 2.30 bits per heavy atom. The normalized spacial score (nSPS) is 13.2. The molecule has 1 unspecified atom stereocenters. The summed E-state index contributed by atoms with van der Waals surface area (Å²) in [5.74, 6) is 0.879. The highest BCUT2D eigenvalue weighted by molar-refractivity contribution is 5.28. The second-order valence-electron chi connectivity index (χ2n) is 6.12. The fourth-order valence-electron chi connectivity index (χ4n) is 1.86. The summed E-state index contributed by atoms with van der Waals surface area (Å²) in [6.45, 7) is 10.3. The van der Waals surface area contributed by atoms with Gasteiger partial charge in [0.2, 0.25) is 0 Å². The van der Waals surface area contributed by atoms with Crippen LogP contribution in [0.5, 0.6) is 5.75 Å². The van der Waals surface area contributed by atoms with Crippen LogP contribution in [0.3, 0.4) is 0 Å². The van der Waals surface area contributed by atoms with Crippen molar-refractivity contribution in [2.24, 2.45) is 0 Å². The van der Waals surface area contributed by atoms with E-state index in [-0.39, 0.29) is 11.6 Å². The fraction of sp³-hybridized carbons (Fsp3) is 0.647. The maximum Gasteiger partial charge on any atom is 0.118 e. The zero-order valence-corrected chi connectivity index (χ0v) is 13.5. The number of hydrogen-bond acceptors (Lipinski definition) is 3. The number of ether oxygens (including phenoxy) is 2. The maximum atomic E-state index is 6.03. The Hall–Kier alpha value is -1.06. The zero-order chi connectivity index (χ0) is 15.0. The zero-order valence-electron chi connectivity index (χ0n) is 13.5. The van der Waals surface area contributed by atoms with E-state index < -0.39 is 0 Å². The first kappa shape index (κ1) is 17.0. The Balaban J connectivity index is 2.68. The van der Waals surface area contributed by atoms with Crippen molar-refractivity contribution in [2.75, 3.05) is 20.3 Å². The van der Waals surface area contributed by atoms with Crippen molar-refractivity contribution in [1.29, 1.82) is 0 Å². The first-order valence-corrected chi connectivity index (χ1v) is 7.47. The maximum absolute atomic E-state index is 6.03. The van der Waals surface area contributed by atoms with E-state index in [0.717, 1.165) is 31.7 Å². The van der Waals surface area contributed by atoms with E-state index in [0.29, 0.717) is 0 Å². The lowest BCUT2D eigenvalue weighted by molar-refractivity contribution is 0.0464. The van der Waals surface area contributed by atoms with Gasteiger partial charge in [-0.2, -0.15) is 0 Å². The van der Waals surface area contributed by atoms with E-state index in [2.05, 4.69) is 45.1 Å². The molecular formula is C17H29NO2. The van der Waals surface area contributed by atoms with Crippen molar-refractivity contribution in [3.8, 4) is 5.75 Å². The highest BCUT2D eigenvalue weighted by Crippen LogP contribution is 2.21. The number of methoxy groups -OCH3 is 1. The Morgan fingerprint density at radius 1 is 1.15 bits per heavy atom. The van der Waals surface area contributed by atoms with E-state index >= 15 is 0 Å². The molecule has 3 nitrogen and oxygen atoms in total. The molecule has 0 radical (unpaired) electrons. The van der Waals surface area contributed by atoms with E-state index in [4.69, 9.17) is 9.47 Å². The van der Waals surface area contributed by atoms with Gasteiger partial charge in [0.15, 0.2) is 0 Å². The predicted octanol–water partition coefficient (Wildman–Crippen LogP) is 3.94. The van der Waals surface area contributed by atoms with Crippen LogP contribution in [0.25, 0.3) is 0 Å². The summed E-state index contributed by atoms with van der Waals surface area (Å²) in [5.41, 5.74) is 1.29. The molecule has 1 N–H and O–H groups in total. The molecule has 0 aliphatic heterocycles. The molecule has 20 heavy (non-hydrogen) atoms. The molecule has 0 spiro atoms. The van der Waals surface area contributed by atoms with Gasteiger partial charge in [0.05, 0.1) is 13.2 Å². The summed E-state index contributed by atoms with van der Waals surface area (Å²) < 4.78 is 11.2. The largest absolute Gasteiger partial charge is 0.497 e. The standard InChI is InChI=1S/C17H29NO2/c1-6-7-12-20-16(13-18-17(2,3)4)14-8-10-15(19-5)11-9-14/h8-11,16,18H,6-7,12-13H2,1-5H3. The van der Waals surface area contributed by atoms with Gasteiger partial charge in [-0.15, -0.1) is 0 Å². The van der Waals surface area contributed by atoms with E-state index in [1.165, 1.54) is 5.56 Å². The van der Waals surface area contributed by atoms with Gasteiger partial charge in [-0.25, -0.2) is 0 Å². The van der Waals surface area contributed by atoms with E-state index in [1.54, 1.807) is 7.11 Å². The lowest BCUT2D eigenvalue weighted by Crippen LogP contribution is -2.39. The minimum absolute atomic E-state index is 0.0895. The van der Waals surface area contributed by atoms with Crippen molar-refractivity contribution >= 4 is 0 Å². The number of rotatable bonds is 8. The topological polar surface area (TPSA) is 30.5 Å². The molecule has 0 amide bonds. The summed E-state index contributed by atoms with van der Waals surface area (Å²) in [5, 5.41) is 3.52. The van der Waals surface area contributed by atoms with Crippen LogP contribution in [-0.2, 0) is 4.74 Å². The molecule has 1 atom stereocenters. The number of unbranched alkanes of at least 4 members (excludes halogenated alkanes) is 1. The van der Waals surface area contributed by atoms with Crippen LogP contribution in [0.4, 0.5) is 0 Å². The van der Waals surface area contributed by atoms with Crippen LogP contribution in [0.2, 0.25) is 0 Å². The molecule has 0 aromatic heterocycles. The van der Waals surface area contributed by atoms with Crippen LogP contribution < -0.4 is 10.1 Å². The molecule has 0 saturated heterocycles. The smallest absolute Gasteiger partial charge is 0.118 e. The molecule has 0 heterocycles. The molecule has 0 aliphatic carbocycles. The van der Waals surface area contributed by atoms with Gasteiger partial charge in [-0.1, -0.05) is 25.5 Å². The number of hydrogen-bond donors (Lipinski definition) is 1. The predicted molar refractivity (Wildman–Crippen MR) is 84.4 cm³/mol. The summed E-state index contributed by atoms with van der Waals surface area (Å²) in [4.78, 5) is 0. The van der Waals surface area contributed by atoms with Crippen molar-refractivity contribution in [3.05, 3.63) is 29.8 Å². The lowest BCUT2D eigenvalue weighted by Gasteiger charge is -2.26. The van der Waals surface area contributed by atoms with Crippen molar-refractivity contribution in [1.82, 2.24) is 5.32 Å². The quantitative estimate of drug-likeness (QED) is 0.731. The minimum atomic E-state index is 0.0895. The second kappa shape index (κ2) is 8.28. The molecule has 0 aliphatic rings. The van der Waals surface area contributed by atoms with E-state index in [9.17, 15) is 0 Å². The molecule has 0 fully saturated rings. The minimum Gasteiger partial charge on any atom is -0.497 e. The molecule has 114 valence electrons.